The fraction of sp³-hybridized carbons (Fsp3) is 0.273. The molecule has 0 spiro atoms. The van der Waals surface area contributed by atoms with Crippen molar-refractivity contribution in [2.24, 2.45) is 0 Å². The Hall–Kier alpha value is -3.92. The van der Waals surface area contributed by atoms with Crippen LogP contribution in [0, 0.1) is 0 Å². The Morgan fingerprint density at radius 2 is 1.51 bits per heavy atom. The van der Waals surface area contributed by atoms with Crippen molar-refractivity contribution in [1.82, 2.24) is 4.90 Å². The van der Waals surface area contributed by atoms with Gasteiger partial charge in [-0.15, -0.1) is 0 Å². The van der Waals surface area contributed by atoms with Gasteiger partial charge in [0.05, 0.1) is 14.2 Å². The van der Waals surface area contributed by atoms with E-state index in [2.05, 4.69) is 65.7 Å². The van der Waals surface area contributed by atoms with Gasteiger partial charge >= 0.3 is 0 Å². The standard InChI is InChI=1S/C33H35NO3/c1-35-29-11-8-10-26(23-29)31-18-14-27-24-30(36-2)17-19-32(27)33(31)37-28-15-12-25(13-16-28)9-4-7-22-34-20-5-3-6-21-34/h7-8,10-19,22-24H,3-6,9,20-21H2,1-2H3/b22-7+. The molecule has 1 aliphatic rings. The number of likely N-dealkylation sites (tertiary alicyclic amines) is 1. The number of ether oxygens (including phenoxy) is 3. The molecule has 37 heavy (non-hydrogen) atoms. The summed E-state index contributed by atoms with van der Waals surface area (Å²) < 4.78 is 17.5. The van der Waals surface area contributed by atoms with Gasteiger partial charge in [0.15, 0.2) is 0 Å². The number of hydrogen-bond donors (Lipinski definition) is 0. The molecule has 190 valence electrons. The summed E-state index contributed by atoms with van der Waals surface area (Å²) in [6, 6.07) is 26.9. The number of piperidine rings is 1. The molecule has 0 N–H and O–H groups in total. The highest BCUT2D eigenvalue weighted by Crippen LogP contribution is 2.41. The molecular weight excluding hydrogens is 458 g/mol. The number of benzene rings is 4. The zero-order valence-electron chi connectivity index (χ0n) is 21.8. The van der Waals surface area contributed by atoms with Gasteiger partial charge in [-0.1, -0.05) is 36.4 Å². The van der Waals surface area contributed by atoms with Crippen molar-refractivity contribution in [2.75, 3.05) is 27.3 Å². The smallest absolute Gasteiger partial charge is 0.143 e. The Kier molecular flexibility index (Phi) is 7.95. The summed E-state index contributed by atoms with van der Waals surface area (Å²) in [6.45, 7) is 2.39. The maximum atomic E-state index is 6.58. The topological polar surface area (TPSA) is 30.9 Å². The number of fused-ring (bicyclic) bond motifs is 1. The lowest BCUT2D eigenvalue weighted by Crippen LogP contribution is -2.24. The van der Waals surface area contributed by atoms with E-state index in [0.717, 1.165) is 57.7 Å². The molecule has 1 fully saturated rings. The molecule has 0 amide bonds. The number of hydrogen-bond acceptors (Lipinski definition) is 4. The summed E-state index contributed by atoms with van der Waals surface area (Å²) in [5, 5.41) is 2.10. The van der Waals surface area contributed by atoms with Crippen LogP contribution in [0.3, 0.4) is 0 Å². The Balaban J connectivity index is 1.37. The van der Waals surface area contributed by atoms with Crippen LogP contribution in [0.4, 0.5) is 0 Å². The van der Waals surface area contributed by atoms with Crippen LogP contribution in [0.2, 0.25) is 0 Å². The fourth-order valence-corrected chi connectivity index (χ4v) is 4.92. The summed E-state index contributed by atoms with van der Waals surface area (Å²) in [7, 11) is 3.38. The fourth-order valence-electron chi connectivity index (χ4n) is 4.92. The SMILES string of the molecule is COc1cccc(-c2ccc3cc(OC)ccc3c2Oc2ccc(CC/C=C/N3CCCCC3)cc2)c1. The lowest BCUT2D eigenvalue weighted by molar-refractivity contribution is 0.308. The molecule has 4 aromatic rings. The predicted molar refractivity (Wildman–Crippen MR) is 152 cm³/mol. The molecule has 0 radical (unpaired) electrons. The van der Waals surface area contributed by atoms with Crippen LogP contribution in [0.25, 0.3) is 21.9 Å². The molecule has 1 aliphatic heterocycles. The summed E-state index contributed by atoms with van der Waals surface area (Å²) in [6.07, 6.45) is 10.7. The van der Waals surface area contributed by atoms with E-state index < -0.39 is 0 Å². The Morgan fingerprint density at radius 3 is 2.30 bits per heavy atom. The second-order valence-corrected chi connectivity index (χ2v) is 9.53. The normalized spacial score (nSPS) is 13.7. The molecule has 5 rings (SSSR count). The molecule has 0 aromatic heterocycles. The quantitative estimate of drug-likeness (QED) is 0.235. The molecular formula is C33H35NO3. The zero-order chi connectivity index (χ0) is 25.5. The lowest BCUT2D eigenvalue weighted by Gasteiger charge is -2.24. The van der Waals surface area contributed by atoms with Crippen LogP contribution >= 0.6 is 0 Å². The largest absolute Gasteiger partial charge is 0.497 e. The van der Waals surface area contributed by atoms with E-state index >= 15 is 0 Å². The van der Waals surface area contributed by atoms with Gasteiger partial charge in [-0.25, -0.2) is 0 Å². The summed E-state index contributed by atoms with van der Waals surface area (Å²) in [4.78, 5) is 2.44. The molecule has 0 aliphatic carbocycles. The Morgan fingerprint density at radius 1 is 0.757 bits per heavy atom. The van der Waals surface area contributed by atoms with Crippen LogP contribution in [0.5, 0.6) is 23.0 Å². The first kappa shape index (κ1) is 24.8. The minimum absolute atomic E-state index is 0.817. The second-order valence-electron chi connectivity index (χ2n) is 9.53. The van der Waals surface area contributed by atoms with Gasteiger partial charge in [0.25, 0.3) is 0 Å². The van der Waals surface area contributed by atoms with E-state index in [9.17, 15) is 0 Å². The molecule has 1 saturated heterocycles. The van der Waals surface area contributed by atoms with E-state index in [1.807, 2.05) is 30.3 Å². The number of aryl methyl sites for hydroxylation is 1. The molecule has 0 bridgehead atoms. The third-order valence-electron chi connectivity index (χ3n) is 7.01. The average molecular weight is 494 g/mol. The highest BCUT2D eigenvalue weighted by atomic mass is 16.5. The first-order valence-electron chi connectivity index (χ1n) is 13.2. The predicted octanol–water partition coefficient (Wildman–Crippen LogP) is 8.25. The summed E-state index contributed by atoms with van der Waals surface area (Å²) >= 11 is 0. The van der Waals surface area contributed by atoms with Gasteiger partial charge in [-0.05, 0) is 103 Å². The van der Waals surface area contributed by atoms with Crippen LogP contribution in [-0.4, -0.2) is 32.2 Å². The number of rotatable bonds is 9. The molecule has 4 nitrogen and oxygen atoms in total. The van der Waals surface area contributed by atoms with Crippen molar-refractivity contribution in [2.45, 2.75) is 32.1 Å². The monoisotopic (exact) mass is 493 g/mol. The maximum absolute atomic E-state index is 6.58. The van der Waals surface area contributed by atoms with Gasteiger partial charge in [-0.2, -0.15) is 0 Å². The first-order chi connectivity index (χ1) is 18.2. The highest BCUT2D eigenvalue weighted by Gasteiger charge is 2.14. The van der Waals surface area contributed by atoms with Gasteiger partial charge < -0.3 is 19.1 Å². The van der Waals surface area contributed by atoms with Crippen molar-refractivity contribution < 1.29 is 14.2 Å². The number of allylic oxidation sites excluding steroid dienone is 1. The zero-order valence-corrected chi connectivity index (χ0v) is 21.8. The van der Waals surface area contributed by atoms with E-state index in [1.54, 1.807) is 14.2 Å². The van der Waals surface area contributed by atoms with Crippen LogP contribution < -0.4 is 14.2 Å². The minimum Gasteiger partial charge on any atom is -0.497 e. The summed E-state index contributed by atoms with van der Waals surface area (Å²) in [5.41, 5.74) is 3.37. The first-order valence-corrected chi connectivity index (χ1v) is 13.2. The third-order valence-corrected chi connectivity index (χ3v) is 7.01. The van der Waals surface area contributed by atoms with Crippen molar-refractivity contribution in [3.63, 3.8) is 0 Å². The Labute approximate surface area is 220 Å². The van der Waals surface area contributed by atoms with Crippen molar-refractivity contribution >= 4 is 10.8 Å². The molecule has 0 atom stereocenters. The van der Waals surface area contributed by atoms with Crippen LogP contribution in [0.1, 0.15) is 31.2 Å². The van der Waals surface area contributed by atoms with E-state index in [0.29, 0.717) is 0 Å². The van der Waals surface area contributed by atoms with Crippen molar-refractivity contribution in [3.05, 3.63) is 96.7 Å². The highest BCUT2D eigenvalue weighted by molar-refractivity contribution is 5.96. The number of nitrogens with zero attached hydrogens (tertiary/aromatic N) is 1. The maximum Gasteiger partial charge on any atom is 0.143 e. The molecule has 4 aromatic carbocycles. The summed E-state index contributed by atoms with van der Waals surface area (Å²) in [5.74, 6) is 3.29. The van der Waals surface area contributed by atoms with Gasteiger partial charge in [0.1, 0.15) is 23.0 Å². The van der Waals surface area contributed by atoms with Gasteiger partial charge in [0.2, 0.25) is 0 Å². The second kappa shape index (κ2) is 11.9. The number of methoxy groups -OCH3 is 2. The van der Waals surface area contributed by atoms with Crippen molar-refractivity contribution in [3.8, 4) is 34.1 Å². The molecule has 0 unspecified atom stereocenters. The van der Waals surface area contributed by atoms with Crippen LogP contribution in [-0.2, 0) is 6.42 Å². The van der Waals surface area contributed by atoms with E-state index in [1.165, 1.54) is 37.9 Å². The Bertz CT molecular complexity index is 1350. The third kappa shape index (κ3) is 6.08. The molecule has 0 saturated carbocycles. The van der Waals surface area contributed by atoms with Gasteiger partial charge in [0, 0.05) is 24.0 Å². The van der Waals surface area contributed by atoms with Crippen LogP contribution in [0.15, 0.2) is 91.1 Å². The average Bonchev–Trinajstić information content (AvgIpc) is 2.96. The minimum atomic E-state index is 0.817. The lowest BCUT2D eigenvalue weighted by atomic mass is 9.99. The van der Waals surface area contributed by atoms with Gasteiger partial charge in [-0.3, -0.25) is 0 Å². The van der Waals surface area contributed by atoms with E-state index in [-0.39, 0.29) is 0 Å². The van der Waals surface area contributed by atoms with Crippen molar-refractivity contribution in [1.29, 1.82) is 0 Å². The van der Waals surface area contributed by atoms with E-state index in [4.69, 9.17) is 14.2 Å². The molecule has 4 heteroatoms. The molecule has 1 heterocycles.